The summed E-state index contributed by atoms with van der Waals surface area (Å²) in [6.07, 6.45) is 3.36. The predicted molar refractivity (Wildman–Crippen MR) is 111 cm³/mol. The fourth-order valence-corrected chi connectivity index (χ4v) is 3.63. The highest BCUT2D eigenvalue weighted by atomic mass is 35.5. The van der Waals surface area contributed by atoms with Crippen LogP contribution in [0, 0.1) is 0 Å². The minimum absolute atomic E-state index is 0.0104. The van der Waals surface area contributed by atoms with Gasteiger partial charge in [0.25, 0.3) is 0 Å². The molecule has 1 atom stereocenters. The van der Waals surface area contributed by atoms with Gasteiger partial charge in [0, 0.05) is 26.4 Å². The van der Waals surface area contributed by atoms with Crippen molar-refractivity contribution in [2.24, 2.45) is 0 Å². The Kier molecular flexibility index (Phi) is 7.24. The number of carbonyl (C=O) groups excluding carboxylic acids is 1. The highest BCUT2D eigenvalue weighted by Gasteiger charge is 2.27. The Labute approximate surface area is 174 Å². The molecule has 0 aliphatic carbocycles. The number of aliphatic hydroxyl groups excluding tert-OH is 1. The molecule has 2 aromatic rings. The van der Waals surface area contributed by atoms with Crippen LogP contribution in [0.2, 0.25) is 5.02 Å². The van der Waals surface area contributed by atoms with Crippen molar-refractivity contribution in [3.05, 3.63) is 40.5 Å². The Morgan fingerprint density at radius 2 is 2.24 bits per heavy atom. The number of ketones is 1. The van der Waals surface area contributed by atoms with E-state index in [0.29, 0.717) is 34.6 Å². The van der Waals surface area contributed by atoms with Gasteiger partial charge in [-0.3, -0.25) is 4.79 Å². The molecule has 0 spiro atoms. The summed E-state index contributed by atoms with van der Waals surface area (Å²) in [5.74, 6) is 1.30. The summed E-state index contributed by atoms with van der Waals surface area (Å²) < 4.78 is 10.1. The number of hydrogen-bond donors (Lipinski definition) is 2. The van der Waals surface area contributed by atoms with Crippen LogP contribution in [0.3, 0.4) is 0 Å². The first-order valence-electron chi connectivity index (χ1n) is 9.40. The normalized spacial score (nSPS) is 16.1. The Bertz CT molecular complexity index is 864. The number of benzene rings is 1. The molecule has 2 N–H and O–H groups in total. The second kappa shape index (κ2) is 9.87. The molecule has 156 valence electrons. The first-order valence-corrected chi connectivity index (χ1v) is 9.78. The number of rotatable bonds is 9. The average Bonchev–Trinajstić information content (AvgIpc) is 3.21. The van der Waals surface area contributed by atoms with Gasteiger partial charge in [0.2, 0.25) is 5.95 Å². The summed E-state index contributed by atoms with van der Waals surface area (Å²) in [5.41, 5.74) is 1.27. The largest absolute Gasteiger partial charge is 0.495 e. The van der Waals surface area contributed by atoms with E-state index in [4.69, 9.17) is 21.1 Å². The molecule has 0 radical (unpaired) electrons. The van der Waals surface area contributed by atoms with Gasteiger partial charge >= 0.3 is 0 Å². The highest BCUT2D eigenvalue weighted by Crippen LogP contribution is 2.27. The van der Waals surface area contributed by atoms with Crippen molar-refractivity contribution in [2.45, 2.75) is 25.4 Å². The van der Waals surface area contributed by atoms with Crippen LogP contribution in [0.15, 0.2) is 24.4 Å². The zero-order chi connectivity index (χ0) is 20.8. The maximum atomic E-state index is 12.4. The molecule has 1 aromatic carbocycles. The van der Waals surface area contributed by atoms with E-state index in [2.05, 4.69) is 15.3 Å². The smallest absolute Gasteiger partial charge is 0.227 e. The molecular formula is C20H25ClN4O4. The maximum Gasteiger partial charge on any atom is 0.227 e. The number of ether oxygens (including phenoxy) is 2. The maximum absolute atomic E-state index is 12.4. The van der Waals surface area contributed by atoms with Crippen LogP contribution in [-0.4, -0.2) is 60.9 Å². The van der Waals surface area contributed by atoms with Crippen molar-refractivity contribution in [3.8, 4) is 5.75 Å². The fourth-order valence-electron chi connectivity index (χ4n) is 3.35. The summed E-state index contributed by atoms with van der Waals surface area (Å²) in [7, 11) is 3.03. The standard InChI is InChI=1S/C20H25ClN4O4/c1-28-12-17(27)15-10-23-20(25-7-3-4-14(25)11-26)24-19(15)22-9-13-5-6-18(29-2)16(21)8-13/h5-6,8,10,14,26H,3-4,7,9,11-12H2,1-2H3,(H,22,23,24)/t14-/m0/s1. The van der Waals surface area contributed by atoms with Gasteiger partial charge in [0.05, 0.1) is 30.3 Å². The number of nitrogens with one attached hydrogen (secondary N) is 1. The van der Waals surface area contributed by atoms with E-state index in [0.717, 1.165) is 24.9 Å². The third-order valence-corrected chi connectivity index (χ3v) is 5.17. The minimum atomic E-state index is -0.213. The number of halogens is 1. The Morgan fingerprint density at radius 1 is 1.41 bits per heavy atom. The summed E-state index contributed by atoms with van der Waals surface area (Å²) in [6, 6.07) is 5.47. The molecule has 0 saturated carbocycles. The number of anilines is 2. The molecule has 2 heterocycles. The van der Waals surface area contributed by atoms with Crippen LogP contribution < -0.4 is 15.0 Å². The van der Waals surface area contributed by atoms with Gasteiger partial charge in [-0.2, -0.15) is 4.98 Å². The van der Waals surface area contributed by atoms with Crippen LogP contribution in [0.1, 0.15) is 28.8 Å². The molecule has 29 heavy (non-hydrogen) atoms. The zero-order valence-electron chi connectivity index (χ0n) is 16.5. The second-order valence-corrected chi connectivity index (χ2v) is 7.19. The Morgan fingerprint density at radius 3 is 2.93 bits per heavy atom. The van der Waals surface area contributed by atoms with E-state index in [1.165, 1.54) is 13.3 Å². The van der Waals surface area contributed by atoms with Crippen LogP contribution in [0.4, 0.5) is 11.8 Å². The molecule has 0 amide bonds. The van der Waals surface area contributed by atoms with E-state index in [1.807, 2.05) is 11.0 Å². The highest BCUT2D eigenvalue weighted by molar-refractivity contribution is 6.32. The molecule has 1 fully saturated rings. The quantitative estimate of drug-likeness (QED) is 0.597. The van der Waals surface area contributed by atoms with E-state index in [9.17, 15) is 9.90 Å². The first-order chi connectivity index (χ1) is 14.1. The number of hydrogen-bond acceptors (Lipinski definition) is 8. The van der Waals surface area contributed by atoms with E-state index in [-0.39, 0.29) is 25.0 Å². The number of methoxy groups -OCH3 is 2. The third-order valence-electron chi connectivity index (χ3n) is 4.87. The molecule has 1 saturated heterocycles. The van der Waals surface area contributed by atoms with Crippen molar-refractivity contribution in [1.29, 1.82) is 0 Å². The van der Waals surface area contributed by atoms with Crippen LogP contribution in [-0.2, 0) is 11.3 Å². The molecule has 8 nitrogen and oxygen atoms in total. The molecule has 3 rings (SSSR count). The first kappa shape index (κ1) is 21.3. The van der Waals surface area contributed by atoms with Gasteiger partial charge in [-0.15, -0.1) is 0 Å². The monoisotopic (exact) mass is 420 g/mol. The lowest BCUT2D eigenvalue weighted by molar-refractivity contribution is 0.0848. The number of aliphatic hydroxyl groups is 1. The predicted octanol–water partition coefficient (Wildman–Crippen LogP) is 2.54. The molecule has 9 heteroatoms. The van der Waals surface area contributed by atoms with Crippen molar-refractivity contribution in [3.63, 3.8) is 0 Å². The zero-order valence-corrected chi connectivity index (χ0v) is 17.3. The van der Waals surface area contributed by atoms with Crippen LogP contribution in [0.5, 0.6) is 5.75 Å². The van der Waals surface area contributed by atoms with Crippen LogP contribution >= 0.6 is 11.6 Å². The lowest BCUT2D eigenvalue weighted by Crippen LogP contribution is -2.33. The molecule has 1 aliphatic heterocycles. The fraction of sp³-hybridized carbons (Fsp3) is 0.450. The van der Waals surface area contributed by atoms with Crippen molar-refractivity contribution in [1.82, 2.24) is 9.97 Å². The molecule has 0 unspecified atom stereocenters. The molecular weight excluding hydrogens is 396 g/mol. The molecule has 1 aromatic heterocycles. The van der Waals surface area contributed by atoms with Gasteiger partial charge in [-0.05, 0) is 30.5 Å². The summed E-state index contributed by atoms with van der Waals surface area (Å²) in [4.78, 5) is 23.4. The number of nitrogens with zero attached hydrogens (tertiary/aromatic N) is 3. The van der Waals surface area contributed by atoms with E-state index in [1.54, 1.807) is 19.2 Å². The third kappa shape index (κ3) is 4.95. The van der Waals surface area contributed by atoms with Gasteiger partial charge < -0.3 is 24.8 Å². The Hall–Kier alpha value is -2.42. The lowest BCUT2D eigenvalue weighted by Gasteiger charge is -2.24. The summed E-state index contributed by atoms with van der Waals surface area (Å²) in [6.45, 7) is 1.16. The van der Waals surface area contributed by atoms with Gasteiger partial charge in [-0.25, -0.2) is 4.98 Å². The van der Waals surface area contributed by atoms with Gasteiger partial charge in [-0.1, -0.05) is 17.7 Å². The van der Waals surface area contributed by atoms with E-state index < -0.39 is 0 Å². The molecule has 1 aliphatic rings. The van der Waals surface area contributed by atoms with E-state index >= 15 is 0 Å². The minimum Gasteiger partial charge on any atom is -0.495 e. The summed E-state index contributed by atoms with van der Waals surface area (Å²) >= 11 is 6.20. The van der Waals surface area contributed by atoms with Crippen molar-refractivity contribution < 1.29 is 19.4 Å². The average molecular weight is 421 g/mol. The van der Waals surface area contributed by atoms with Crippen molar-refractivity contribution >= 4 is 29.2 Å². The SMILES string of the molecule is COCC(=O)c1cnc(N2CCC[C@H]2CO)nc1NCc1ccc(OC)c(Cl)c1. The van der Waals surface area contributed by atoms with Crippen molar-refractivity contribution in [2.75, 3.05) is 44.2 Å². The number of carbonyl (C=O) groups is 1. The summed E-state index contributed by atoms with van der Waals surface area (Å²) in [5, 5.41) is 13.3. The van der Waals surface area contributed by atoms with Crippen LogP contribution in [0.25, 0.3) is 0 Å². The second-order valence-electron chi connectivity index (χ2n) is 6.78. The molecule has 0 bridgehead atoms. The number of Topliss-reactive ketones (excluding diaryl/α,β-unsaturated/α-hetero) is 1. The number of aromatic nitrogens is 2. The Balaban J connectivity index is 1.86. The lowest BCUT2D eigenvalue weighted by atomic mass is 10.2. The van der Waals surface area contributed by atoms with Gasteiger partial charge in [0.15, 0.2) is 5.78 Å². The van der Waals surface area contributed by atoms with Gasteiger partial charge in [0.1, 0.15) is 18.2 Å². The topological polar surface area (TPSA) is 96.8 Å².